The molecule has 0 spiro atoms. The number of likely N-dealkylation sites (tertiary alicyclic amines) is 1. The van der Waals surface area contributed by atoms with Gasteiger partial charge in [-0.3, -0.25) is 9.69 Å². The summed E-state index contributed by atoms with van der Waals surface area (Å²) in [5.41, 5.74) is 1.68. The average Bonchev–Trinajstić information content (AvgIpc) is 3.23. The number of carbonyl (C=O) groups is 1. The van der Waals surface area contributed by atoms with E-state index in [4.69, 9.17) is 4.98 Å². The maximum Gasteiger partial charge on any atom is 0.238 e. The van der Waals surface area contributed by atoms with Gasteiger partial charge < -0.3 is 10.6 Å². The van der Waals surface area contributed by atoms with Crippen molar-refractivity contribution in [1.82, 2.24) is 14.9 Å². The standard InChI is InChI=1S/C21H22FN5OS/c22-16-4-6-17(7-5-16)24-20(28)14-27-11-8-15(9-12-27)18-2-1-3-19(25-18)26-21-23-10-13-29-21/h1-7,10,13,15H,8-9,11-12,14H2,(H,24,28)(H,23,25,26). The average molecular weight is 412 g/mol. The molecule has 0 atom stereocenters. The van der Waals surface area contributed by atoms with Crippen LogP contribution in [0.1, 0.15) is 24.5 Å². The number of rotatable bonds is 6. The van der Waals surface area contributed by atoms with Gasteiger partial charge in [0.15, 0.2) is 5.13 Å². The number of hydrogen-bond donors (Lipinski definition) is 2. The van der Waals surface area contributed by atoms with Crippen molar-refractivity contribution >= 4 is 33.9 Å². The van der Waals surface area contributed by atoms with Gasteiger partial charge in [0.1, 0.15) is 11.6 Å². The Morgan fingerprint density at radius 2 is 1.97 bits per heavy atom. The molecule has 1 saturated heterocycles. The highest BCUT2D eigenvalue weighted by Crippen LogP contribution is 2.28. The lowest BCUT2D eigenvalue weighted by Crippen LogP contribution is -2.38. The highest BCUT2D eigenvalue weighted by Gasteiger charge is 2.23. The first kappa shape index (κ1) is 19.5. The van der Waals surface area contributed by atoms with Crippen LogP contribution in [0.2, 0.25) is 0 Å². The van der Waals surface area contributed by atoms with Crippen molar-refractivity contribution in [1.29, 1.82) is 0 Å². The van der Waals surface area contributed by atoms with Gasteiger partial charge in [0.05, 0.1) is 6.54 Å². The van der Waals surface area contributed by atoms with E-state index in [9.17, 15) is 9.18 Å². The summed E-state index contributed by atoms with van der Waals surface area (Å²) in [6, 6.07) is 11.8. The molecule has 2 N–H and O–H groups in total. The second-order valence-corrected chi connectivity index (χ2v) is 7.91. The number of nitrogens with one attached hydrogen (secondary N) is 2. The number of hydrogen-bond acceptors (Lipinski definition) is 6. The van der Waals surface area contributed by atoms with Crippen molar-refractivity contribution in [3.63, 3.8) is 0 Å². The molecule has 0 bridgehead atoms. The Bertz CT molecular complexity index is 940. The van der Waals surface area contributed by atoms with Crippen molar-refractivity contribution in [2.75, 3.05) is 30.3 Å². The third-order valence-corrected chi connectivity index (χ3v) is 5.63. The normalized spacial score (nSPS) is 15.2. The lowest BCUT2D eigenvalue weighted by Gasteiger charge is -2.31. The zero-order valence-electron chi connectivity index (χ0n) is 15.8. The van der Waals surface area contributed by atoms with Gasteiger partial charge in [-0.15, -0.1) is 11.3 Å². The monoisotopic (exact) mass is 411 g/mol. The highest BCUT2D eigenvalue weighted by atomic mass is 32.1. The van der Waals surface area contributed by atoms with Gasteiger partial charge in [-0.1, -0.05) is 6.07 Å². The molecule has 8 heteroatoms. The summed E-state index contributed by atoms with van der Waals surface area (Å²) in [6.07, 6.45) is 3.67. The van der Waals surface area contributed by atoms with E-state index in [0.29, 0.717) is 18.2 Å². The van der Waals surface area contributed by atoms with E-state index in [1.54, 1.807) is 29.7 Å². The zero-order valence-corrected chi connectivity index (χ0v) is 16.7. The van der Waals surface area contributed by atoms with Crippen molar-refractivity contribution < 1.29 is 9.18 Å². The number of pyridine rings is 1. The van der Waals surface area contributed by atoms with Gasteiger partial charge in [-0.25, -0.2) is 14.4 Å². The van der Waals surface area contributed by atoms with Crippen LogP contribution in [0.25, 0.3) is 0 Å². The SMILES string of the molecule is O=C(CN1CCC(c2cccc(Nc3nccs3)n2)CC1)Nc1ccc(F)cc1. The Hall–Kier alpha value is -2.84. The topological polar surface area (TPSA) is 70.2 Å². The summed E-state index contributed by atoms with van der Waals surface area (Å²) in [4.78, 5) is 23.4. The van der Waals surface area contributed by atoms with Crippen molar-refractivity contribution in [2.24, 2.45) is 0 Å². The minimum absolute atomic E-state index is 0.0807. The number of halogens is 1. The molecule has 1 amide bonds. The van der Waals surface area contributed by atoms with Crippen LogP contribution in [0.3, 0.4) is 0 Å². The quantitative estimate of drug-likeness (QED) is 0.635. The van der Waals surface area contributed by atoms with Crippen molar-refractivity contribution in [2.45, 2.75) is 18.8 Å². The van der Waals surface area contributed by atoms with Crippen molar-refractivity contribution in [3.05, 3.63) is 65.6 Å². The van der Waals surface area contributed by atoms with E-state index in [0.717, 1.165) is 42.6 Å². The maximum atomic E-state index is 13.0. The van der Waals surface area contributed by atoms with E-state index in [-0.39, 0.29) is 11.7 Å². The molecule has 3 heterocycles. The van der Waals surface area contributed by atoms with Crippen LogP contribution in [-0.2, 0) is 4.79 Å². The molecular weight excluding hydrogens is 389 g/mol. The second kappa shape index (κ2) is 9.11. The molecule has 0 unspecified atom stereocenters. The fourth-order valence-electron chi connectivity index (χ4n) is 3.47. The molecule has 2 aromatic heterocycles. The Labute approximate surface area is 172 Å². The number of aromatic nitrogens is 2. The Kier molecular flexibility index (Phi) is 6.12. The molecule has 1 aliphatic rings. The van der Waals surface area contributed by atoms with E-state index < -0.39 is 0 Å². The molecule has 6 nitrogen and oxygen atoms in total. The van der Waals surface area contributed by atoms with Crippen LogP contribution >= 0.6 is 11.3 Å². The summed E-state index contributed by atoms with van der Waals surface area (Å²) < 4.78 is 13.0. The minimum atomic E-state index is -0.315. The van der Waals surface area contributed by atoms with Crippen LogP contribution in [-0.4, -0.2) is 40.4 Å². The Balaban J connectivity index is 1.28. The number of nitrogens with zero attached hydrogens (tertiary/aromatic N) is 3. The van der Waals surface area contributed by atoms with Crippen LogP contribution in [0.5, 0.6) is 0 Å². The minimum Gasteiger partial charge on any atom is -0.325 e. The summed E-state index contributed by atoms with van der Waals surface area (Å²) in [6.45, 7) is 2.02. The van der Waals surface area contributed by atoms with E-state index in [1.807, 2.05) is 17.5 Å². The zero-order chi connectivity index (χ0) is 20.1. The Morgan fingerprint density at radius 1 is 1.17 bits per heavy atom. The largest absolute Gasteiger partial charge is 0.325 e. The van der Waals surface area contributed by atoms with Crippen LogP contribution < -0.4 is 10.6 Å². The lowest BCUT2D eigenvalue weighted by atomic mass is 9.93. The molecule has 150 valence electrons. The highest BCUT2D eigenvalue weighted by molar-refractivity contribution is 7.13. The molecule has 0 radical (unpaired) electrons. The molecular formula is C21H22FN5OS. The predicted octanol–water partition coefficient (Wildman–Crippen LogP) is 4.24. The van der Waals surface area contributed by atoms with E-state index in [1.165, 1.54) is 12.1 Å². The third-order valence-electron chi connectivity index (χ3n) is 4.94. The number of thiazole rings is 1. The van der Waals surface area contributed by atoms with Gasteiger partial charge in [-0.2, -0.15) is 0 Å². The third kappa shape index (κ3) is 5.36. The van der Waals surface area contributed by atoms with E-state index >= 15 is 0 Å². The molecule has 0 saturated carbocycles. The number of benzene rings is 1. The van der Waals surface area contributed by atoms with Crippen LogP contribution in [0.15, 0.2) is 54.0 Å². The maximum absolute atomic E-state index is 13.0. The molecule has 1 fully saturated rings. The summed E-state index contributed by atoms with van der Waals surface area (Å²) in [5, 5.41) is 8.80. The number of amides is 1. The van der Waals surface area contributed by atoms with Gasteiger partial charge >= 0.3 is 0 Å². The Morgan fingerprint density at radius 3 is 2.69 bits per heavy atom. The number of carbonyl (C=O) groups excluding carboxylic acids is 1. The van der Waals surface area contributed by atoms with Gasteiger partial charge in [0, 0.05) is 28.9 Å². The van der Waals surface area contributed by atoms with E-state index in [2.05, 4.69) is 26.6 Å². The van der Waals surface area contributed by atoms with Crippen molar-refractivity contribution in [3.8, 4) is 0 Å². The molecule has 4 rings (SSSR count). The fourth-order valence-corrected chi connectivity index (χ4v) is 4.00. The summed E-state index contributed by atoms with van der Waals surface area (Å²) in [5.74, 6) is 0.787. The first-order valence-electron chi connectivity index (χ1n) is 9.57. The molecule has 1 aromatic carbocycles. The van der Waals surface area contributed by atoms with Gasteiger partial charge in [0.25, 0.3) is 0 Å². The molecule has 1 aliphatic heterocycles. The summed E-state index contributed by atoms with van der Waals surface area (Å²) in [7, 11) is 0. The first-order chi connectivity index (χ1) is 14.2. The smallest absolute Gasteiger partial charge is 0.238 e. The summed E-state index contributed by atoms with van der Waals surface area (Å²) >= 11 is 1.54. The molecule has 3 aromatic rings. The van der Waals surface area contributed by atoms with Crippen LogP contribution in [0.4, 0.5) is 21.0 Å². The fraction of sp³-hybridized carbons (Fsp3) is 0.286. The predicted molar refractivity (Wildman–Crippen MR) is 113 cm³/mol. The molecule has 0 aliphatic carbocycles. The van der Waals surface area contributed by atoms with Gasteiger partial charge in [0.2, 0.25) is 5.91 Å². The first-order valence-corrected chi connectivity index (χ1v) is 10.4. The second-order valence-electron chi connectivity index (χ2n) is 7.02. The lowest BCUT2D eigenvalue weighted by molar-refractivity contribution is -0.117. The van der Waals surface area contributed by atoms with Crippen LogP contribution in [0, 0.1) is 5.82 Å². The van der Waals surface area contributed by atoms with Gasteiger partial charge in [-0.05, 0) is 62.3 Å². The number of anilines is 3. The number of piperidine rings is 1. The molecule has 29 heavy (non-hydrogen) atoms.